The Morgan fingerprint density at radius 2 is 1.88 bits per heavy atom. The van der Waals surface area contributed by atoms with Crippen molar-refractivity contribution in [3.8, 4) is 0 Å². The lowest BCUT2D eigenvalue weighted by Gasteiger charge is -2.02. The second-order valence-corrected chi connectivity index (χ2v) is 7.88. The van der Waals surface area contributed by atoms with Gasteiger partial charge in [-0.2, -0.15) is 0 Å². The molecule has 4 nitrogen and oxygen atoms in total. The molecular weight excluding hydrogens is 362 g/mol. The van der Waals surface area contributed by atoms with Crippen LogP contribution in [0.5, 0.6) is 0 Å². The molecule has 0 spiro atoms. The highest BCUT2D eigenvalue weighted by Crippen LogP contribution is 2.25. The summed E-state index contributed by atoms with van der Waals surface area (Å²) < 4.78 is 0.882. The molecular formula is C20H19N3OS2. The van der Waals surface area contributed by atoms with Crippen LogP contribution < -0.4 is 5.32 Å². The van der Waals surface area contributed by atoms with Gasteiger partial charge in [0.05, 0.1) is 6.54 Å². The summed E-state index contributed by atoms with van der Waals surface area (Å²) in [5.41, 5.74) is 3.03. The Balaban J connectivity index is 1.45. The molecule has 0 aliphatic rings. The fourth-order valence-electron chi connectivity index (χ4n) is 2.20. The van der Waals surface area contributed by atoms with Crippen LogP contribution in [-0.4, -0.2) is 28.3 Å². The number of aryl methyl sites for hydroxylation is 1. The van der Waals surface area contributed by atoms with Gasteiger partial charge in [-0.05, 0) is 12.5 Å². The minimum Gasteiger partial charge on any atom is -0.353 e. The molecule has 0 aliphatic carbocycles. The molecule has 0 aliphatic heterocycles. The van der Waals surface area contributed by atoms with Gasteiger partial charge >= 0.3 is 0 Å². The van der Waals surface area contributed by atoms with Crippen molar-refractivity contribution >= 4 is 40.1 Å². The molecule has 26 heavy (non-hydrogen) atoms. The van der Waals surface area contributed by atoms with Gasteiger partial charge in [-0.1, -0.05) is 95.4 Å². The first-order chi connectivity index (χ1) is 12.7. The molecule has 0 radical (unpaired) electrons. The van der Waals surface area contributed by atoms with E-state index in [-0.39, 0.29) is 12.3 Å². The second-order valence-electron chi connectivity index (χ2n) is 5.64. The summed E-state index contributed by atoms with van der Waals surface area (Å²) in [5, 5.41) is 12.0. The van der Waals surface area contributed by atoms with E-state index < -0.39 is 0 Å². The summed E-state index contributed by atoms with van der Waals surface area (Å²) in [5.74, 6) is 0.867. The van der Waals surface area contributed by atoms with Gasteiger partial charge in [0.1, 0.15) is 0 Å². The predicted molar refractivity (Wildman–Crippen MR) is 110 cm³/mol. The number of nitrogens with one attached hydrogen (secondary N) is 1. The van der Waals surface area contributed by atoms with Gasteiger partial charge in [0.25, 0.3) is 0 Å². The molecule has 1 heterocycles. The van der Waals surface area contributed by atoms with Gasteiger partial charge in [0, 0.05) is 11.3 Å². The third-order valence-corrected chi connectivity index (χ3v) is 5.56. The molecule has 0 amide bonds. The molecule has 1 N–H and O–H groups in total. The smallest absolute Gasteiger partial charge is 0.206 e. The number of thioether (sulfide) groups is 1. The topological polar surface area (TPSA) is 54.9 Å². The third-order valence-electron chi connectivity index (χ3n) is 3.59. The fraction of sp³-hybridized carbons (Fsp3) is 0.150. The zero-order valence-electron chi connectivity index (χ0n) is 14.4. The van der Waals surface area contributed by atoms with Crippen LogP contribution >= 0.6 is 23.1 Å². The number of hydrogen-bond acceptors (Lipinski definition) is 6. The summed E-state index contributed by atoms with van der Waals surface area (Å²) in [7, 11) is 0. The van der Waals surface area contributed by atoms with Gasteiger partial charge in [-0.15, -0.1) is 10.2 Å². The average molecular weight is 382 g/mol. The van der Waals surface area contributed by atoms with Crippen molar-refractivity contribution in [1.82, 2.24) is 10.2 Å². The largest absolute Gasteiger partial charge is 0.353 e. The molecule has 0 bridgehead atoms. The molecule has 0 saturated carbocycles. The number of hydrogen-bond donors (Lipinski definition) is 1. The number of carbonyl (C=O) groups excluding carboxylic acids is 1. The third kappa shape index (κ3) is 5.54. The fourth-order valence-corrected chi connectivity index (χ4v) is 3.79. The lowest BCUT2D eigenvalue weighted by Crippen LogP contribution is -2.13. The van der Waals surface area contributed by atoms with Crippen molar-refractivity contribution in [1.29, 1.82) is 0 Å². The van der Waals surface area contributed by atoms with E-state index in [4.69, 9.17) is 0 Å². The standard InChI is InChI=1S/C20H19N3OS2/c1-15-9-11-17(12-10-15)18(24)14-21-19-22-23-20(26-19)25-13-5-8-16-6-3-2-4-7-16/h2-12H,13-14H2,1H3,(H,21,22)/b8-5+. The van der Waals surface area contributed by atoms with E-state index >= 15 is 0 Å². The highest BCUT2D eigenvalue weighted by molar-refractivity contribution is 8.01. The maximum atomic E-state index is 12.2. The molecule has 0 unspecified atom stereocenters. The van der Waals surface area contributed by atoms with E-state index in [1.54, 1.807) is 11.8 Å². The highest BCUT2D eigenvalue weighted by atomic mass is 32.2. The maximum absolute atomic E-state index is 12.2. The summed E-state index contributed by atoms with van der Waals surface area (Å²) in [6, 6.07) is 17.8. The molecule has 0 fully saturated rings. The van der Waals surface area contributed by atoms with Crippen LogP contribution in [0.4, 0.5) is 5.13 Å². The lowest BCUT2D eigenvalue weighted by molar-refractivity contribution is 0.101. The Bertz CT molecular complexity index is 874. The van der Waals surface area contributed by atoms with Crippen LogP contribution in [-0.2, 0) is 0 Å². The zero-order valence-corrected chi connectivity index (χ0v) is 16.0. The predicted octanol–water partition coefficient (Wildman–Crippen LogP) is 4.95. The van der Waals surface area contributed by atoms with Crippen molar-refractivity contribution in [3.05, 3.63) is 77.4 Å². The molecule has 6 heteroatoms. The van der Waals surface area contributed by atoms with Gasteiger partial charge in [-0.25, -0.2) is 0 Å². The number of Topliss-reactive ketones (excluding diaryl/α,β-unsaturated/α-hetero) is 1. The van der Waals surface area contributed by atoms with Crippen LogP contribution in [0.15, 0.2) is 65.0 Å². The number of ketones is 1. The number of rotatable bonds is 8. The van der Waals surface area contributed by atoms with Gasteiger partial charge in [-0.3, -0.25) is 4.79 Å². The van der Waals surface area contributed by atoms with Gasteiger partial charge in [0.2, 0.25) is 5.13 Å². The number of nitrogens with zero attached hydrogens (tertiary/aromatic N) is 2. The Kier molecular flexibility index (Phi) is 6.57. The Morgan fingerprint density at radius 3 is 2.65 bits per heavy atom. The van der Waals surface area contributed by atoms with Crippen molar-refractivity contribution in [2.75, 3.05) is 17.6 Å². The number of carbonyl (C=O) groups is 1. The summed E-state index contributed by atoms with van der Waals surface area (Å²) >= 11 is 3.09. The number of aromatic nitrogens is 2. The van der Waals surface area contributed by atoms with Crippen LogP contribution in [0.2, 0.25) is 0 Å². The van der Waals surface area contributed by atoms with Crippen molar-refractivity contribution < 1.29 is 4.79 Å². The first-order valence-electron chi connectivity index (χ1n) is 8.22. The van der Waals surface area contributed by atoms with E-state index in [1.807, 2.05) is 49.4 Å². The molecule has 3 rings (SSSR count). The molecule has 1 aromatic heterocycles. The monoisotopic (exact) mass is 381 g/mol. The molecule has 132 valence electrons. The molecule has 0 atom stereocenters. The van der Waals surface area contributed by atoms with Crippen molar-refractivity contribution in [2.45, 2.75) is 11.3 Å². The number of anilines is 1. The average Bonchev–Trinajstić information content (AvgIpc) is 3.12. The van der Waals surface area contributed by atoms with Crippen LogP contribution in [0.25, 0.3) is 6.08 Å². The Labute approximate surface area is 161 Å². The summed E-state index contributed by atoms with van der Waals surface area (Å²) in [6.45, 7) is 2.22. The molecule has 3 aromatic rings. The summed E-state index contributed by atoms with van der Waals surface area (Å²) in [6.07, 6.45) is 4.20. The van der Waals surface area contributed by atoms with Crippen LogP contribution in [0.1, 0.15) is 21.5 Å². The second kappa shape index (κ2) is 9.31. The van der Waals surface area contributed by atoms with E-state index in [0.29, 0.717) is 10.7 Å². The van der Waals surface area contributed by atoms with Gasteiger partial charge < -0.3 is 5.32 Å². The van der Waals surface area contributed by atoms with Crippen LogP contribution in [0, 0.1) is 6.92 Å². The highest BCUT2D eigenvalue weighted by Gasteiger charge is 2.08. The minimum absolute atomic E-state index is 0.0418. The first-order valence-corrected chi connectivity index (χ1v) is 10.0. The van der Waals surface area contributed by atoms with E-state index in [1.165, 1.54) is 16.9 Å². The maximum Gasteiger partial charge on any atom is 0.206 e. The molecule has 0 saturated heterocycles. The van der Waals surface area contributed by atoms with E-state index in [0.717, 1.165) is 15.7 Å². The zero-order chi connectivity index (χ0) is 18.2. The van der Waals surface area contributed by atoms with Crippen LogP contribution in [0.3, 0.4) is 0 Å². The van der Waals surface area contributed by atoms with E-state index in [9.17, 15) is 4.79 Å². The van der Waals surface area contributed by atoms with Crippen molar-refractivity contribution in [3.63, 3.8) is 0 Å². The SMILES string of the molecule is Cc1ccc(C(=O)CNc2nnc(SC/C=C/c3ccccc3)s2)cc1. The van der Waals surface area contributed by atoms with Crippen molar-refractivity contribution in [2.24, 2.45) is 0 Å². The Hall–Kier alpha value is -2.44. The molecule has 2 aromatic carbocycles. The summed E-state index contributed by atoms with van der Waals surface area (Å²) in [4.78, 5) is 12.2. The lowest BCUT2D eigenvalue weighted by atomic mass is 10.1. The minimum atomic E-state index is 0.0418. The van der Waals surface area contributed by atoms with Gasteiger partial charge in [0.15, 0.2) is 10.1 Å². The number of benzene rings is 2. The van der Waals surface area contributed by atoms with E-state index in [2.05, 4.69) is 39.8 Å². The first kappa shape index (κ1) is 18.4. The Morgan fingerprint density at radius 1 is 1.12 bits per heavy atom. The quantitative estimate of drug-likeness (QED) is 0.442. The normalized spacial score (nSPS) is 11.0.